The molecular weight excluding hydrogens is 492 g/mol. The lowest BCUT2D eigenvalue weighted by molar-refractivity contribution is 0.629. The number of aliphatic imine (C=N–C) groups is 1. The number of benzene rings is 2. The third-order valence-electron chi connectivity index (χ3n) is 4.90. The maximum atomic E-state index is 13.6. The Morgan fingerprint density at radius 3 is 2.83 bits per heavy atom. The highest BCUT2D eigenvalue weighted by Gasteiger charge is 2.06. The van der Waals surface area contributed by atoms with Crippen molar-refractivity contribution in [2.75, 3.05) is 13.1 Å². The number of halogens is 2. The highest BCUT2D eigenvalue weighted by Crippen LogP contribution is 2.19. The van der Waals surface area contributed by atoms with E-state index in [2.05, 4.69) is 32.7 Å². The number of nitrogens with zero attached hydrogens (tertiary/aromatic N) is 2. The molecule has 156 valence electrons. The second-order valence-corrected chi connectivity index (χ2v) is 6.85. The van der Waals surface area contributed by atoms with E-state index >= 15 is 0 Å². The highest BCUT2D eigenvalue weighted by molar-refractivity contribution is 14.0. The molecule has 0 saturated heterocycles. The SMILES string of the molecule is CCNC(=NCc1nccc2ccccc12)NCCc1c[nH]c2ccc(F)cc12.I. The van der Waals surface area contributed by atoms with Crippen LogP contribution in [-0.2, 0) is 13.0 Å². The Morgan fingerprint density at radius 2 is 1.97 bits per heavy atom. The molecule has 5 nitrogen and oxygen atoms in total. The minimum absolute atomic E-state index is 0. The van der Waals surface area contributed by atoms with Gasteiger partial charge in [-0.25, -0.2) is 9.38 Å². The Bertz CT molecular complexity index is 1150. The summed E-state index contributed by atoms with van der Waals surface area (Å²) in [6.45, 7) is 4.00. The van der Waals surface area contributed by atoms with Gasteiger partial charge in [0.2, 0.25) is 0 Å². The van der Waals surface area contributed by atoms with Gasteiger partial charge in [-0.2, -0.15) is 0 Å². The number of aromatic amines is 1. The molecule has 0 unspecified atom stereocenters. The Hall–Kier alpha value is -2.68. The molecule has 0 saturated carbocycles. The van der Waals surface area contributed by atoms with Crippen molar-refractivity contribution < 1.29 is 4.39 Å². The summed E-state index contributed by atoms with van der Waals surface area (Å²) in [6, 6.07) is 15.0. The molecule has 0 aliphatic heterocycles. The van der Waals surface area contributed by atoms with E-state index in [9.17, 15) is 4.39 Å². The summed E-state index contributed by atoms with van der Waals surface area (Å²) in [4.78, 5) is 12.4. The lowest BCUT2D eigenvalue weighted by Crippen LogP contribution is -2.38. The first kappa shape index (κ1) is 22.0. The zero-order valence-electron chi connectivity index (χ0n) is 16.8. The number of rotatable bonds is 6. The number of fused-ring (bicyclic) bond motifs is 2. The molecule has 4 rings (SSSR count). The van der Waals surface area contributed by atoms with Crippen molar-refractivity contribution in [3.63, 3.8) is 0 Å². The van der Waals surface area contributed by atoms with Crippen LogP contribution in [0.15, 0.2) is 65.9 Å². The summed E-state index contributed by atoms with van der Waals surface area (Å²) >= 11 is 0. The molecule has 30 heavy (non-hydrogen) atoms. The molecule has 4 aromatic rings. The largest absolute Gasteiger partial charge is 0.361 e. The molecule has 0 radical (unpaired) electrons. The van der Waals surface area contributed by atoms with Crippen molar-refractivity contribution in [2.24, 2.45) is 4.99 Å². The predicted octanol–water partition coefficient (Wildman–Crippen LogP) is 4.77. The fraction of sp³-hybridized carbons (Fsp3) is 0.217. The normalized spacial score (nSPS) is 11.5. The molecule has 7 heteroatoms. The topological polar surface area (TPSA) is 65.1 Å². The first-order chi connectivity index (χ1) is 14.2. The van der Waals surface area contributed by atoms with E-state index in [1.54, 1.807) is 12.1 Å². The standard InChI is InChI=1S/C23H24FN5.HI/c1-2-25-23(29-15-22-19-6-4-3-5-16(19)9-11-26-22)27-12-10-17-14-28-21-8-7-18(24)13-20(17)21;/h3-9,11,13-14,28H,2,10,12,15H2,1H3,(H2,25,27,29);1H. The van der Waals surface area contributed by atoms with Gasteiger partial charge in [0.25, 0.3) is 0 Å². The quantitative estimate of drug-likeness (QED) is 0.196. The fourth-order valence-electron chi connectivity index (χ4n) is 3.48. The van der Waals surface area contributed by atoms with Crippen LogP contribution >= 0.6 is 24.0 Å². The monoisotopic (exact) mass is 517 g/mol. The van der Waals surface area contributed by atoms with E-state index in [0.717, 1.165) is 51.9 Å². The summed E-state index contributed by atoms with van der Waals surface area (Å²) < 4.78 is 13.6. The van der Waals surface area contributed by atoms with E-state index in [0.29, 0.717) is 13.1 Å². The van der Waals surface area contributed by atoms with E-state index < -0.39 is 0 Å². The van der Waals surface area contributed by atoms with Crippen LogP contribution in [0.25, 0.3) is 21.7 Å². The first-order valence-electron chi connectivity index (χ1n) is 9.85. The molecule has 0 aliphatic carbocycles. The minimum Gasteiger partial charge on any atom is -0.361 e. The summed E-state index contributed by atoms with van der Waals surface area (Å²) in [5.41, 5.74) is 2.98. The van der Waals surface area contributed by atoms with Crippen LogP contribution in [0.5, 0.6) is 0 Å². The van der Waals surface area contributed by atoms with Crippen LogP contribution in [0.3, 0.4) is 0 Å². The van der Waals surface area contributed by atoms with Gasteiger partial charge in [-0.15, -0.1) is 24.0 Å². The smallest absolute Gasteiger partial charge is 0.191 e. The Balaban J connectivity index is 0.00000256. The van der Waals surface area contributed by atoms with Gasteiger partial charge < -0.3 is 15.6 Å². The number of guanidine groups is 1. The summed E-state index contributed by atoms with van der Waals surface area (Å²) in [7, 11) is 0. The van der Waals surface area contributed by atoms with Crippen molar-refractivity contribution in [3.8, 4) is 0 Å². The lowest BCUT2D eigenvalue weighted by Gasteiger charge is -2.11. The molecule has 0 bridgehead atoms. The van der Waals surface area contributed by atoms with Gasteiger partial charge in [0, 0.05) is 41.8 Å². The van der Waals surface area contributed by atoms with Gasteiger partial charge in [0.1, 0.15) is 5.82 Å². The zero-order chi connectivity index (χ0) is 20.1. The Labute approximate surface area is 192 Å². The Morgan fingerprint density at radius 1 is 1.10 bits per heavy atom. The molecule has 0 fully saturated rings. The second kappa shape index (κ2) is 10.4. The second-order valence-electron chi connectivity index (χ2n) is 6.85. The van der Waals surface area contributed by atoms with Crippen molar-refractivity contribution in [2.45, 2.75) is 19.9 Å². The van der Waals surface area contributed by atoms with Crippen molar-refractivity contribution in [3.05, 3.63) is 78.0 Å². The van der Waals surface area contributed by atoms with Crippen LogP contribution in [0, 0.1) is 5.82 Å². The molecule has 2 heterocycles. The van der Waals surface area contributed by atoms with Gasteiger partial charge in [-0.1, -0.05) is 24.3 Å². The zero-order valence-corrected chi connectivity index (χ0v) is 19.1. The molecule has 2 aromatic carbocycles. The summed E-state index contributed by atoms with van der Waals surface area (Å²) in [5.74, 6) is 0.525. The number of hydrogen-bond acceptors (Lipinski definition) is 2. The highest BCUT2D eigenvalue weighted by atomic mass is 127. The number of H-pyrrole nitrogens is 1. The number of aromatic nitrogens is 2. The summed E-state index contributed by atoms with van der Waals surface area (Å²) in [6.07, 6.45) is 4.53. The van der Waals surface area contributed by atoms with Gasteiger partial charge in [0.15, 0.2) is 5.96 Å². The van der Waals surface area contributed by atoms with Crippen LogP contribution in [0.1, 0.15) is 18.2 Å². The van der Waals surface area contributed by atoms with Crippen LogP contribution in [0.4, 0.5) is 4.39 Å². The molecule has 2 aromatic heterocycles. The minimum atomic E-state index is -0.219. The van der Waals surface area contributed by atoms with E-state index in [1.165, 1.54) is 6.07 Å². The van der Waals surface area contributed by atoms with Crippen molar-refractivity contribution >= 4 is 51.6 Å². The average Bonchev–Trinajstić information content (AvgIpc) is 3.14. The maximum Gasteiger partial charge on any atom is 0.191 e. The maximum absolute atomic E-state index is 13.6. The van der Waals surface area contributed by atoms with Crippen molar-refractivity contribution in [1.29, 1.82) is 0 Å². The summed E-state index contributed by atoms with van der Waals surface area (Å²) in [5, 5.41) is 9.84. The third-order valence-corrected chi connectivity index (χ3v) is 4.90. The van der Waals surface area contributed by atoms with Crippen LogP contribution < -0.4 is 10.6 Å². The first-order valence-corrected chi connectivity index (χ1v) is 9.85. The van der Waals surface area contributed by atoms with Crippen LogP contribution in [-0.4, -0.2) is 29.0 Å². The fourth-order valence-corrected chi connectivity index (χ4v) is 3.48. The third kappa shape index (κ3) is 5.08. The molecule has 0 atom stereocenters. The number of hydrogen-bond donors (Lipinski definition) is 3. The Kier molecular flexibility index (Phi) is 7.62. The molecular formula is C23H25FIN5. The average molecular weight is 517 g/mol. The van der Waals surface area contributed by atoms with Gasteiger partial charge in [-0.05, 0) is 48.6 Å². The van der Waals surface area contributed by atoms with Gasteiger partial charge in [-0.3, -0.25) is 4.98 Å². The molecule has 0 spiro atoms. The van der Waals surface area contributed by atoms with E-state index in [4.69, 9.17) is 4.99 Å². The van der Waals surface area contributed by atoms with Crippen molar-refractivity contribution in [1.82, 2.24) is 20.6 Å². The van der Waals surface area contributed by atoms with E-state index in [-0.39, 0.29) is 29.8 Å². The number of nitrogens with one attached hydrogen (secondary N) is 3. The number of pyridine rings is 1. The van der Waals surface area contributed by atoms with Crippen LogP contribution in [0.2, 0.25) is 0 Å². The molecule has 0 amide bonds. The van der Waals surface area contributed by atoms with Gasteiger partial charge >= 0.3 is 0 Å². The van der Waals surface area contributed by atoms with E-state index in [1.807, 2.05) is 37.5 Å². The van der Waals surface area contributed by atoms with Gasteiger partial charge in [0.05, 0.1) is 12.2 Å². The lowest BCUT2D eigenvalue weighted by atomic mass is 10.1. The predicted molar refractivity (Wildman–Crippen MR) is 132 cm³/mol. The molecule has 3 N–H and O–H groups in total. The molecule has 0 aliphatic rings.